The second kappa shape index (κ2) is 8.00. The van der Waals surface area contributed by atoms with Crippen LogP contribution in [0.2, 0.25) is 0 Å². The van der Waals surface area contributed by atoms with Crippen molar-refractivity contribution in [2.45, 2.75) is 12.6 Å². The van der Waals surface area contributed by atoms with E-state index in [1.54, 1.807) is 18.3 Å². The van der Waals surface area contributed by atoms with E-state index in [1.165, 1.54) is 6.20 Å². The average Bonchev–Trinajstić information content (AvgIpc) is 2.79. The van der Waals surface area contributed by atoms with Crippen LogP contribution < -0.4 is 26.4 Å². The standard InChI is InChI=1S/C22H22F2N6O3/c1-11-14(6-29-20-19(11)27-2-3-32-20)13-4-12-5-16(28-7-15(12)18(25)17(13)23)30-21(31)33-10-22(24)8-26-9-22/h4-7,26-27H,2-3,8-10,25H2,1H3,(H,28,30,31). The van der Waals surface area contributed by atoms with Crippen molar-refractivity contribution in [2.75, 3.05) is 49.2 Å². The summed E-state index contributed by atoms with van der Waals surface area (Å²) in [7, 11) is 0. The molecule has 0 atom stereocenters. The van der Waals surface area contributed by atoms with Crippen molar-refractivity contribution in [3.8, 4) is 17.0 Å². The van der Waals surface area contributed by atoms with Gasteiger partial charge in [-0.2, -0.15) is 0 Å². The normalized spacial score (nSPS) is 16.2. The maximum atomic E-state index is 15.2. The lowest BCUT2D eigenvalue weighted by atomic mass is 9.97. The van der Waals surface area contributed by atoms with Gasteiger partial charge in [-0.1, -0.05) is 0 Å². The molecule has 0 bridgehead atoms. The van der Waals surface area contributed by atoms with Crippen LogP contribution in [-0.4, -0.2) is 54.6 Å². The fourth-order valence-electron chi connectivity index (χ4n) is 3.89. The molecular weight excluding hydrogens is 434 g/mol. The van der Waals surface area contributed by atoms with E-state index in [0.717, 1.165) is 5.56 Å². The number of ether oxygens (including phenoxy) is 2. The number of nitrogen functional groups attached to an aromatic ring is 1. The fraction of sp³-hybridized carbons (Fsp3) is 0.318. The van der Waals surface area contributed by atoms with E-state index in [4.69, 9.17) is 15.2 Å². The van der Waals surface area contributed by atoms with Crippen LogP contribution in [-0.2, 0) is 4.74 Å². The van der Waals surface area contributed by atoms with E-state index in [9.17, 15) is 9.18 Å². The zero-order valence-corrected chi connectivity index (χ0v) is 17.8. The Morgan fingerprint density at radius 2 is 2.12 bits per heavy atom. The molecule has 2 aromatic heterocycles. The van der Waals surface area contributed by atoms with Gasteiger partial charge >= 0.3 is 6.09 Å². The maximum Gasteiger partial charge on any atom is 0.412 e. The maximum absolute atomic E-state index is 15.2. The number of nitrogens with two attached hydrogens (primary N) is 1. The third-order valence-electron chi connectivity index (χ3n) is 5.81. The Hall–Kier alpha value is -3.73. The van der Waals surface area contributed by atoms with E-state index in [0.29, 0.717) is 41.1 Å². The van der Waals surface area contributed by atoms with Crippen molar-refractivity contribution < 1.29 is 23.0 Å². The van der Waals surface area contributed by atoms with Crippen LogP contribution in [0, 0.1) is 12.7 Å². The molecule has 4 heterocycles. The number of aromatic nitrogens is 2. The molecule has 172 valence electrons. The average molecular weight is 456 g/mol. The van der Waals surface area contributed by atoms with Crippen LogP contribution in [0.4, 0.5) is 30.8 Å². The number of amides is 1. The Balaban J connectivity index is 1.46. The number of anilines is 3. The number of carbonyl (C=O) groups excluding carboxylic acids is 1. The molecule has 2 aliphatic heterocycles. The number of carbonyl (C=O) groups is 1. The summed E-state index contributed by atoms with van der Waals surface area (Å²) in [4.78, 5) is 20.5. The minimum Gasteiger partial charge on any atom is -0.474 e. The molecule has 0 unspecified atom stereocenters. The highest BCUT2D eigenvalue weighted by atomic mass is 19.1. The molecule has 0 aliphatic carbocycles. The molecule has 2 aliphatic rings. The van der Waals surface area contributed by atoms with Gasteiger partial charge in [-0.05, 0) is 30.0 Å². The minimum atomic E-state index is -1.55. The van der Waals surface area contributed by atoms with Gasteiger partial charge in [0.15, 0.2) is 11.5 Å². The molecule has 0 radical (unpaired) electrons. The second-order valence-corrected chi connectivity index (χ2v) is 8.15. The Labute approximate surface area is 187 Å². The Morgan fingerprint density at radius 1 is 1.30 bits per heavy atom. The molecule has 1 aromatic carbocycles. The number of nitrogens with zero attached hydrogens (tertiary/aromatic N) is 2. The molecule has 11 heteroatoms. The molecule has 3 aromatic rings. The number of alkyl halides is 1. The summed E-state index contributed by atoms with van der Waals surface area (Å²) in [5.74, 6) is 0.0476. The second-order valence-electron chi connectivity index (χ2n) is 8.15. The highest BCUT2D eigenvalue weighted by Gasteiger charge is 2.38. The van der Waals surface area contributed by atoms with Gasteiger partial charge in [0.25, 0.3) is 0 Å². The molecular formula is C22H22F2N6O3. The fourth-order valence-corrected chi connectivity index (χ4v) is 3.89. The number of halogens is 2. The summed E-state index contributed by atoms with van der Waals surface area (Å²) < 4.78 is 39.7. The largest absolute Gasteiger partial charge is 0.474 e. The van der Waals surface area contributed by atoms with Crippen LogP contribution in [0.1, 0.15) is 5.56 Å². The summed E-state index contributed by atoms with van der Waals surface area (Å²) >= 11 is 0. The van der Waals surface area contributed by atoms with E-state index < -0.39 is 17.6 Å². The van der Waals surface area contributed by atoms with Crippen LogP contribution in [0.3, 0.4) is 0 Å². The number of hydrogen-bond acceptors (Lipinski definition) is 8. The lowest BCUT2D eigenvalue weighted by Crippen LogP contribution is -2.59. The molecule has 1 fully saturated rings. The first-order chi connectivity index (χ1) is 15.8. The smallest absolute Gasteiger partial charge is 0.412 e. The molecule has 9 nitrogen and oxygen atoms in total. The van der Waals surface area contributed by atoms with Crippen molar-refractivity contribution in [3.05, 3.63) is 35.9 Å². The van der Waals surface area contributed by atoms with E-state index >= 15 is 4.39 Å². The first kappa shape index (κ1) is 21.1. The van der Waals surface area contributed by atoms with Gasteiger partial charge in [0, 0.05) is 48.5 Å². The van der Waals surface area contributed by atoms with Crippen LogP contribution in [0.15, 0.2) is 24.5 Å². The van der Waals surface area contributed by atoms with Crippen LogP contribution in [0.25, 0.3) is 21.9 Å². The van der Waals surface area contributed by atoms with Crippen LogP contribution >= 0.6 is 0 Å². The van der Waals surface area contributed by atoms with E-state index in [1.807, 2.05) is 6.92 Å². The van der Waals surface area contributed by atoms with Crippen molar-refractivity contribution in [1.82, 2.24) is 15.3 Å². The van der Waals surface area contributed by atoms with Gasteiger partial charge in [0.1, 0.15) is 24.7 Å². The van der Waals surface area contributed by atoms with Gasteiger partial charge < -0.3 is 25.8 Å². The lowest BCUT2D eigenvalue weighted by Gasteiger charge is -2.33. The quantitative estimate of drug-likeness (QED) is 0.442. The Kier molecular flexibility index (Phi) is 5.12. The number of fused-ring (bicyclic) bond motifs is 2. The number of benzene rings is 1. The highest BCUT2D eigenvalue weighted by Crippen LogP contribution is 2.39. The van der Waals surface area contributed by atoms with E-state index in [2.05, 4.69) is 25.9 Å². The van der Waals surface area contributed by atoms with Gasteiger partial charge in [0.2, 0.25) is 5.88 Å². The van der Waals surface area contributed by atoms with E-state index in [-0.39, 0.29) is 36.8 Å². The van der Waals surface area contributed by atoms with Crippen LogP contribution in [0.5, 0.6) is 5.88 Å². The first-order valence-corrected chi connectivity index (χ1v) is 10.4. The summed E-state index contributed by atoms with van der Waals surface area (Å²) in [6, 6.07) is 3.17. The molecule has 0 spiro atoms. The summed E-state index contributed by atoms with van der Waals surface area (Å²) in [5.41, 5.74) is 6.78. The number of rotatable bonds is 4. The number of pyridine rings is 2. The number of nitrogens with one attached hydrogen (secondary N) is 3. The lowest BCUT2D eigenvalue weighted by molar-refractivity contribution is 0.0156. The monoisotopic (exact) mass is 456 g/mol. The van der Waals surface area contributed by atoms with Gasteiger partial charge in [-0.15, -0.1) is 0 Å². The SMILES string of the molecule is Cc1c(-c2cc3cc(NC(=O)OCC4(F)CNC4)ncc3c(N)c2F)cnc2c1NCCO2. The molecule has 33 heavy (non-hydrogen) atoms. The third-order valence-corrected chi connectivity index (χ3v) is 5.81. The van der Waals surface area contributed by atoms with Gasteiger partial charge in [0.05, 0.1) is 5.69 Å². The summed E-state index contributed by atoms with van der Waals surface area (Å²) in [6.45, 7) is 2.90. The van der Waals surface area contributed by atoms with Crippen molar-refractivity contribution >= 4 is 34.1 Å². The molecule has 5 rings (SSSR count). The molecule has 5 N–H and O–H groups in total. The van der Waals surface area contributed by atoms with Crippen molar-refractivity contribution in [3.63, 3.8) is 0 Å². The van der Waals surface area contributed by atoms with Crippen molar-refractivity contribution in [2.24, 2.45) is 0 Å². The van der Waals surface area contributed by atoms with Gasteiger partial charge in [-0.3, -0.25) is 5.32 Å². The van der Waals surface area contributed by atoms with Crippen molar-refractivity contribution in [1.29, 1.82) is 0 Å². The Bertz CT molecular complexity index is 1260. The zero-order chi connectivity index (χ0) is 23.2. The predicted octanol–water partition coefficient (Wildman–Crippen LogP) is 2.99. The first-order valence-electron chi connectivity index (χ1n) is 10.4. The molecule has 0 saturated carbocycles. The third kappa shape index (κ3) is 3.84. The summed E-state index contributed by atoms with van der Waals surface area (Å²) in [5, 5.41) is 9.43. The predicted molar refractivity (Wildman–Crippen MR) is 120 cm³/mol. The topological polar surface area (TPSA) is 123 Å². The summed E-state index contributed by atoms with van der Waals surface area (Å²) in [6.07, 6.45) is 2.08. The zero-order valence-electron chi connectivity index (χ0n) is 17.8. The molecule has 1 saturated heterocycles. The van der Waals surface area contributed by atoms with Gasteiger partial charge in [-0.25, -0.2) is 23.5 Å². The molecule has 1 amide bonds. The Morgan fingerprint density at radius 3 is 2.88 bits per heavy atom. The minimum absolute atomic E-state index is 0.0673. The number of hydrogen-bond donors (Lipinski definition) is 4. The highest BCUT2D eigenvalue weighted by molar-refractivity contribution is 5.99.